The van der Waals surface area contributed by atoms with Gasteiger partial charge in [-0.2, -0.15) is 0 Å². The molecule has 2 nitrogen and oxygen atoms in total. The van der Waals surface area contributed by atoms with Gasteiger partial charge in [-0.25, -0.2) is 0 Å². The quantitative estimate of drug-likeness (QED) is 0.864. The molecule has 0 saturated carbocycles. The number of rotatable bonds is 5. The summed E-state index contributed by atoms with van der Waals surface area (Å²) in [5, 5.41) is 3.46. The van der Waals surface area contributed by atoms with E-state index in [0.29, 0.717) is 6.04 Å². The molecular formula is C18H26N2. The maximum Gasteiger partial charge on any atom is 0.0475 e. The van der Waals surface area contributed by atoms with Crippen molar-refractivity contribution in [2.45, 2.75) is 47.2 Å². The number of hydrogen-bond acceptors (Lipinski definition) is 1. The Morgan fingerprint density at radius 3 is 2.40 bits per heavy atom. The van der Waals surface area contributed by atoms with Crippen LogP contribution in [0.15, 0.2) is 30.6 Å². The lowest BCUT2D eigenvalue weighted by Crippen LogP contribution is -2.17. The summed E-state index contributed by atoms with van der Waals surface area (Å²) in [5.41, 5.74) is 6.91. The van der Waals surface area contributed by atoms with E-state index in [1.807, 2.05) is 0 Å². The third kappa shape index (κ3) is 3.31. The minimum absolute atomic E-state index is 0.418. The van der Waals surface area contributed by atoms with Gasteiger partial charge in [-0.15, -0.1) is 0 Å². The van der Waals surface area contributed by atoms with Gasteiger partial charge in [-0.05, 0) is 62.6 Å². The van der Waals surface area contributed by atoms with E-state index in [-0.39, 0.29) is 0 Å². The van der Waals surface area contributed by atoms with Crippen molar-refractivity contribution in [2.75, 3.05) is 6.54 Å². The molecule has 20 heavy (non-hydrogen) atoms. The molecule has 0 amide bonds. The second kappa shape index (κ2) is 6.27. The van der Waals surface area contributed by atoms with Crippen molar-refractivity contribution in [1.82, 2.24) is 9.88 Å². The van der Waals surface area contributed by atoms with Crippen LogP contribution in [0.2, 0.25) is 0 Å². The molecule has 0 saturated heterocycles. The van der Waals surface area contributed by atoms with E-state index in [1.54, 1.807) is 0 Å². The van der Waals surface area contributed by atoms with Crippen LogP contribution in [0, 0.1) is 20.8 Å². The van der Waals surface area contributed by atoms with E-state index >= 15 is 0 Å². The van der Waals surface area contributed by atoms with Crippen molar-refractivity contribution in [3.8, 4) is 0 Å². The summed E-state index contributed by atoms with van der Waals surface area (Å²) in [6.07, 6.45) is 4.44. The highest BCUT2D eigenvalue weighted by Gasteiger charge is 2.08. The Morgan fingerprint density at radius 2 is 1.80 bits per heavy atom. The van der Waals surface area contributed by atoms with Crippen molar-refractivity contribution in [2.24, 2.45) is 0 Å². The molecule has 0 aliphatic carbocycles. The molecule has 0 radical (unpaired) electrons. The summed E-state index contributed by atoms with van der Waals surface area (Å²) in [7, 11) is 0. The van der Waals surface area contributed by atoms with Gasteiger partial charge in [0.1, 0.15) is 0 Å². The maximum atomic E-state index is 3.46. The highest BCUT2D eigenvalue weighted by atomic mass is 15.0. The number of aromatic nitrogens is 1. The van der Waals surface area contributed by atoms with Gasteiger partial charge < -0.3 is 9.88 Å². The molecule has 2 rings (SSSR count). The van der Waals surface area contributed by atoms with Gasteiger partial charge in [0.05, 0.1) is 0 Å². The van der Waals surface area contributed by atoms with Crippen LogP contribution in [0.5, 0.6) is 0 Å². The van der Waals surface area contributed by atoms with E-state index in [0.717, 1.165) is 13.1 Å². The fourth-order valence-electron chi connectivity index (χ4n) is 2.88. The number of nitrogens with one attached hydrogen (secondary N) is 1. The molecule has 1 atom stereocenters. The van der Waals surface area contributed by atoms with Crippen molar-refractivity contribution in [3.63, 3.8) is 0 Å². The van der Waals surface area contributed by atoms with Crippen LogP contribution >= 0.6 is 0 Å². The predicted molar refractivity (Wildman–Crippen MR) is 86.3 cm³/mol. The van der Waals surface area contributed by atoms with Gasteiger partial charge in [-0.1, -0.05) is 24.6 Å². The minimum Gasteiger partial charge on any atom is -0.350 e. The van der Waals surface area contributed by atoms with Gasteiger partial charge in [0.25, 0.3) is 0 Å². The summed E-state index contributed by atoms with van der Waals surface area (Å²) in [4.78, 5) is 0. The first-order valence-corrected chi connectivity index (χ1v) is 7.47. The Hall–Kier alpha value is -1.54. The second-order valence-corrected chi connectivity index (χ2v) is 5.77. The Labute approximate surface area is 122 Å². The third-order valence-electron chi connectivity index (χ3n) is 3.96. The topological polar surface area (TPSA) is 17.0 Å². The second-order valence-electron chi connectivity index (χ2n) is 5.77. The molecule has 2 aromatic rings. The zero-order chi connectivity index (χ0) is 14.7. The smallest absolute Gasteiger partial charge is 0.0475 e. The first kappa shape index (κ1) is 14.9. The summed E-state index contributed by atoms with van der Waals surface area (Å²) >= 11 is 0. The Morgan fingerprint density at radius 1 is 1.15 bits per heavy atom. The van der Waals surface area contributed by atoms with E-state index in [9.17, 15) is 0 Å². The fraction of sp³-hybridized carbons (Fsp3) is 0.444. The summed E-state index contributed by atoms with van der Waals surface area (Å²) in [6.45, 7) is 12.9. The van der Waals surface area contributed by atoms with E-state index < -0.39 is 0 Å². The van der Waals surface area contributed by atoms with Crippen LogP contribution in [0.1, 0.15) is 47.7 Å². The lowest BCUT2D eigenvalue weighted by atomic mass is 10.00. The molecular weight excluding hydrogens is 244 g/mol. The number of aryl methyl sites for hydroxylation is 3. The van der Waals surface area contributed by atoms with Crippen LogP contribution < -0.4 is 5.32 Å². The number of nitrogens with zero attached hydrogens (tertiary/aromatic N) is 1. The average Bonchev–Trinajstić information content (AvgIpc) is 2.82. The number of hydrogen-bond donors (Lipinski definition) is 1. The van der Waals surface area contributed by atoms with E-state index in [4.69, 9.17) is 0 Å². The van der Waals surface area contributed by atoms with Crippen molar-refractivity contribution < 1.29 is 0 Å². The van der Waals surface area contributed by atoms with Gasteiger partial charge in [0, 0.05) is 25.0 Å². The fourth-order valence-corrected chi connectivity index (χ4v) is 2.88. The van der Waals surface area contributed by atoms with Crippen molar-refractivity contribution in [3.05, 3.63) is 58.4 Å². The molecule has 0 aliphatic heterocycles. The van der Waals surface area contributed by atoms with Gasteiger partial charge in [0.2, 0.25) is 0 Å². The standard InChI is InChI=1S/C18H26N2/c1-6-19-16(5)17-7-8-20(11-17)12-18-14(3)9-13(2)10-15(18)4/h7-11,16,19H,6,12H2,1-5H3. The van der Waals surface area contributed by atoms with Gasteiger partial charge >= 0.3 is 0 Å². The van der Waals surface area contributed by atoms with Gasteiger partial charge in [-0.3, -0.25) is 0 Å². The Bertz CT molecular complexity index is 558. The maximum absolute atomic E-state index is 3.46. The summed E-state index contributed by atoms with van der Waals surface area (Å²) in [5.74, 6) is 0. The molecule has 108 valence electrons. The molecule has 1 aromatic heterocycles. The molecule has 1 N–H and O–H groups in total. The SMILES string of the molecule is CCNC(C)c1ccn(Cc2c(C)cc(C)cc2C)c1. The largest absolute Gasteiger partial charge is 0.350 e. The third-order valence-corrected chi connectivity index (χ3v) is 3.96. The molecule has 0 fully saturated rings. The molecule has 0 aliphatic rings. The Balaban J connectivity index is 2.19. The van der Waals surface area contributed by atoms with Crippen LogP contribution in [0.4, 0.5) is 0 Å². The summed E-state index contributed by atoms with van der Waals surface area (Å²) in [6, 6.07) is 7.18. The van der Waals surface area contributed by atoms with Gasteiger partial charge in [0.15, 0.2) is 0 Å². The van der Waals surface area contributed by atoms with E-state index in [1.165, 1.54) is 27.8 Å². The number of benzene rings is 1. The highest BCUT2D eigenvalue weighted by molar-refractivity contribution is 5.37. The van der Waals surface area contributed by atoms with Crippen molar-refractivity contribution >= 4 is 0 Å². The first-order valence-electron chi connectivity index (χ1n) is 7.47. The average molecular weight is 270 g/mol. The van der Waals surface area contributed by atoms with Crippen LogP contribution in [0.25, 0.3) is 0 Å². The minimum atomic E-state index is 0.418. The molecule has 0 bridgehead atoms. The monoisotopic (exact) mass is 270 g/mol. The summed E-state index contributed by atoms with van der Waals surface area (Å²) < 4.78 is 2.29. The molecule has 1 heterocycles. The molecule has 2 heteroatoms. The first-order chi connectivity index (χ1) is 9.51. The van der Waals surface area contributed by atoms with E-state index in [2.05, 4.69) is 75.1 Å². The molecule has 0 spiro atoms. The molecule has 1 unspecified atom stereocenters. The predicted octanol–water partition coefficient (Wildman–Crippen LogP) is 4.13. The lowest BCUT2D eigenvalue weighted by Gasteiger charge is -2.13. The molecule has 1 aromatic carbocycles. The van der Waals surface area contributed by atoms with Crippen molar-refractivity contribution in [1.29, 1.82) is 0 Å². The lowest BCUT2D eigenvalue weighted by molar-refractivity contribution is 0.596. The zero-order valence-electron chi connectivity index (χ0n) is 13.3. The normalized spacial score (nSPS) is 12.7. The zero-order valence-corrected chi connectivity index (χ0v) is 13.3. The van der Waals surface area contributed by atoms with Crippen LogP contribution in [-0.4, -0.2) is 11.1 Å². The Kier molecular flexibility index (Phi) is 4.66. The van der Waals surface area contributed by atoms with Crippen LogP contribution in [-0.2, 0) is 6.54 Å². The highest BCUT2D eigenvalue weighted by Crippen LogP contribution is 2.19. The van der Waals surface area contributed by atoms with Crippen LogP contribution in [0.3, 0.4) is 0 Å².